The molecular formula is C93H53F3N8. The minimum Gasteiger partial charge on any atom is -0.309 e. The van der Waals surface area contributed by atoms with E-state index in [1.807, 2.05) is 30.3 Å². The van der Waals surface area contributed by atoms with Gasteiger partial charge in [0, 0.05) is 98.5 Å². The Morgan fingerprint density at radius 3 is 0.856 bits per heavy atom. The maximum absolute atomic E-state index is 14.6. The molecule has 0 atom stereocenters. The Labute approximate surface area is 591 Å². The first kappa shape index (κ1) is 58.8. The molecule has 0 unspecified atom stereocenters. The van der Waals surface area contributed by atoms with Crippen LogP contribution in [-0.4, -0.2) is 27.4 Å². The number of nitrogens with zero attached hydrogens (tertiary/aromatic N) is 8. The molecule has 21 rings (SSSR count). The minimum atomic E-state index is -4.68. The molecule has 0 aliphatic heterocycles. The second kappa shape index (κ2) is 22.2. The molecule has 0 bridgehead atoms. The van der Waals surface area contributed by atoms with Crippen LogP contribution in [0.2, 0.25) is 0 Å². The standard InChI is InChI=1S/C93H53F3N8/c1-97-58-37-44-87(103-88-45-38-59(99-79-27-11-3-19-64(79)65-20-4-12-28-80(65)99)52-74(88)75-53-60(39-46-89(75)103)100-81-29-13-5-21-66(81)67-22-6-14-30-82(67)100)73(51-58)72-42-35-56(63-43-36-57(93(94,95)96)50-78(63)98-2)49-92(72)104-90-47-40-61(101-83-31-15-7-23-68(83)69-24-8-16-32-84(69)101)54-76(90)77-55-62(41-48-91(77)104)102-85-33-17-9-25-70(85)71-26-10-18-34-86(71)102/h3-55H. The van der Waals surface area contributed by atoms with Gasteiger partial charge in [0.05, 0.1) is 90.7 Å². The molecule has 0 saturated carbocycles. The van der Waals surface area contributed by atoms with E-state index in [9.17, 15) is 13.2 Å². The third-order valence-corrected chi connectivity index (χ3v) is 21.5. The fraction of sp³-hybridized carbons (Fsp3) is 0.0108. The normalized spacial score (nSPS) is 12.2. The van der Waals surface area contributed by atoms with E-state index in [1.54, 1.807) is 0 Å². The maximum Gasteiger partial charge on any atom is 0.415 e. The highest BCUT2D eigenvalue weighted by atomic mass is 19.4. The quantitative estimate of drug-likeness (QED) is 0.136. The average molecular weight is 1340 g/mol. The molecule has 0 radical (unpaired) electrons. The van der Waals surface area contributed by atoms with Crippen molar-refractivity contribution < 1.29 is 13.2 Å². The fourth-order valence-electron chi connectivity index (χ4n) is 17.0. The van der Waals surface area contributed by atoms with Crippen molar-refractivity contribution in [2.24, 2.45) is 0 Å². The highest BCUT2D eigenvalue weighted by Crippen LogP contribution is 2.48. The number of para-hydroxylation sites is 8. The summed E-state index contributed by atoms with van der Waals surface area (Å²) in [6.07, 6.45) is -4.68. The lowest BCUT2D eigenvalue weighted by Crippen LogP contribution is -2.04. The SMILES string of the molecule is [C-]#[N+]c1ccc(-n2c3ccc(-n4c5ccccc5c5ccccc54)cc3c3cc(-n4c5ccccc5c5ccccc54)ccc32)c(-c2ccc(-c3ccc(C(F)(F)F)cc3[N+]#[C-])cc2-n2c3ccc(-n4c5ccccc5c5ccccc54)cc3c3cc(-n4c5ccccc5c5ccccc54)ccc32)c1. The Bertz CT molecular complexity index is 6840. The molecular weight excluding hydrogens is 1290 g/mol. The third-order valence-electron chi connectivity index (χ3n) is 21.5. The topological polar surface area (TPSA) is 38.3 Å². The van der Waals surface area contributed by atoms with Crippen LogP contribution in [-0.2, 0) is 6.18 Å². The van der Waals surface area contributed by atoms with Gasteiger partial charge in [-0.05, 0) is 162 Å². The van der Waals surface area contributed by atoms with Crippen molar-refractivity contribution in [3.63, 3.8) is 0 Å². The van der Waals surface area contributed by atoms with E-state index in [2.05, 4.69) is 310 Å². The minimum absolute atomic E-state index is 0.131. The molecule has 0 saturated heterocycles. The Hall–Kier alpha value is -14.1. The smallest absolute Gasteiger partial charge is 0.309 e. The Balaban J connectivity index is 0.863. The summed E-state index contributed by atoms with van der Waals surface area (Å²) in [6, 6.07) is 110. The lowest BCUT2D eigenvalue weighted by atomic mass is 9.95. The van der Waals surface area contributed by atoms with E-state index in [1.165, 1.54) is 6.07 Å². The molecule has 11 heteroatoms. The molecule has 0 amide bonds. The van der Waals surface area contributed by atoms with E-state index < -0.39 is 11.7 Å². The van der Waals surface area contributed by atoms with Gasteiger partial charge in [0.1, 0.15) is 0 Å². The van der Waals surface area contributed by atoms with Crippen LogP contribution in [0.15, 0.2) is 322 Å². The maximum atomic E-state index is 14.6. The van der Waals surface area contributed by atoms with E-state index >= 15 is 0 Å². The molecule has 6 heterocycles. The first-order valence-corrected chi connectivity index (χ1v) is 34.5. The summed E-state index contributed by atoms with van der Waals surface area (Å²) in [6.45, 7) is 17.2. The second-order valence-electron chi connectivity index (χ2n) is 26.8. The molecule has 6 aromatic heterocycles. The number of benzene rings is 15. The van der Waals surface area contributed by atoms with Gasteiger partial charge in [0.2, 0.25) is 0 Å². The van der Waals surface area contributed by atoms with Gasteiger partial charge in [-0.25, -0.2) is 9.69 Å². The molecule has 15 aromatic carbocycles. The van der Waals surface area contributed by atoms with Crippen LogP contribution < -0.4 is 0 Å². The van der Waals surface area contributed by atoms with E-state index in [0.29, 0.717) is 22.5 Å². The number of alkyl halides is 3. The van der Waals surface area contributed by atoms with Crippen molar-refractivity contribution in [2.75, 3.05) is 0 Å². The summed E-state index contributed by atoms with van der Waals surface area (Å²) < 4.78 is 57.9. The molecule has 0 fully saturated rings. The van der Waals surface area contributed by atoms with Crippen molar-refractivity contribution in [2.45, 2.75) is 6.18 Å². The zero-order chi connectivity index (χ0) is 69.2. The fourth-order valence-corrected chi connectivity index (χ4v) is 17.0. The van der Waals surface area contributed by atoms with E-state index in [0.717, 1.165) is 183 Å². The van der Waals surface area contributed by atoms with Crippen LogP contribution in [0.1, 0.15) is 5.56 Å². The van der Waals surface area contributed by atoms with Gasteiger partial charge in [0.25, 0.3) is 0 Å². The molecule has 8 nitrogen and oxygen atoms in total. The Morgan fingerprint density at radius 1 is 0.231 bits per heavy atom. The molecule has 0 spiro atoms. The van der Waals surface area contributed by atoms with Crippen molar-refractivity contribution >= 4 is 142 Å². The summed E-state index contributed by atoms with van der Waals surface area (Å²) in [5.74, 6) is 0. The van der Waals surface area contributed by atoms with Crippen LogP contribution in [0.4, 0.5) is 24.5 Å². The summed E-state index contributed by atoms with van der Waals surface area (Å²) in [7, 11) is 0. The van der Waals surface area contributed by atoms with Gasteiger partial charge in [-0.2, -0.15) is 13.2 Å². The largest absolute Gasteiger partial charge is 0.415 e. The second-order valence-corrected chi connectivity index (χ2v) is 26.8. The van der Waals surface area contributed by atoms with Gasteiger partial charge < -0.3 is 27.4 Å². The third kappa shape index (κ3) is 8.53. The zero-order valence-electron chi connectivity index (χ0n) is 55.3. The van der Waals surface area contributed by atoms with Crippen molar-refractivity contribution in [1.82, 2.24) is 27.4 Å². The van der Waals surface area contributed by atoms with Gasteiger partial charge in [-0.15, -0.1) is 0 Å². The van der Waals surface area contributed by atoms with Crippen LogP contribution in [0, 0.1) is 13.1 Å². The first-order chi connectivity index (χ1) is 51.1. The molecule has 0 aliphatic carbocycles. The molecule has 486 valence electrons. The number of halogens is 3. The molecule has 104 heavy (non-hydrogen) atoms. The predicted molar refractivity (Wildman–Crippen MR) is 421 cm³/mol. The summed E-state index contributed by atoms with van der Waals surface area (Å²) >= 11 is 0. The molecule has 0 aliphatic rings. The van der Waals surface area contributed by atoms with Crippen LogP contribution in [0.5, 0.6) is 0 Å². The van der Waals surface area contributed by atoms with Crippen molar-refractivity contribution in [3.8, 4) is 56.4 Å². The zero-order valence-corrected chi connectivity index (χ0v) is 55.3. The van der Waals surface area contributed by atoms with E-state index in [-0.39, 0.29) is 5.69 Å². The number of hydrogen-bond acceptors (Lipinski definition) is 0. The summed E-state index contributed by atoms with van der Waals surface area (Å²) in [4.78, 5) is 7.92. The van der Waals surface area contributed by atoms with Gasteiger partial charge in [-0.3, -0.25) is 0 Å². The molecule has 21 aromatic rings. The predicted octanol–water partition coefficient (Wildman–Crippen LogP) is 25.7. The highest BCUT2D eigenvalue weighted by molar-refractivity contribution is 6.17. The van der Waals surface area contributed by atoms with Gasteiger partial charge in [-0.1, -0.05) is 176 Å². The summed E-state index contributed by atoms with van der Waals surface area (Å²) in [5, 5.41) is 13.1. The van der Waals surface area contributed by atoms with E-state index in [4.69, 9.17) is 13.1 Å². The molecule has 0 N–H and O–H groups in total. The van der Waals surface area contributed by atoms with Gasteiger partial charge in [0.15, 0.2) is 11.4 Å². The number of fused-ring (bicyclic) bond motifs is 18. The Kier molecular flexibility index (Phi) is 12.5. The van der Waals surface area contributed by atoms with Gasteiger partial charge >= 0.3 is 6.18 Å². The van der Waals surface area contributed by atoms with Crippen LogP contribution in [0.3, 0.4) is 0 Å². The van der Waals surface area contributed by atoms with Crippen LogP contribution >= 0.6 is 0 Å². The first-order valence-electron chi connectivity index (χ1n) is 34.5. The summed E-state index contributed by atoms with van der Waals surface area (Å²) in [5.41, 5.74) is 19.3. The number of aromatic nitrogens is 6. The highest BCUT2D eigenvalue weighted by Gasteiger charge is 2.32. The monoisotopic (exact) mass is 1340 g/mol. The lowest BCUT2D eigenvalue weighted by molar-refractivity contribution is -0.137. The number of hydrogen-bond donors (Lipinski definition) is 0. The lowest BCUT2D eigenvalue weighted by Gasteiger charge is -2.21. The number of rotatable bonds is 8. The van der Waals surface area contributed by atoms with Crippen molar-refractivity contribution in [1.29, 1.82) is 0 Å². The van der Waals surface area contributed by atoms with Crippen molar-refractivity contribution in [3.05, 3.63) is 350 Å². The van der Waals surface area contributed by atoms with Crippen LogP contribution in [0.25, 0.3) is 197 Å². The average Bonchev–Trinajstić information content (AvgIpc) is 1.60. The Morgan fingerprint density at radius 2 is 0.538 bits per heavy atom.